The van der Waals surface area contributed by atoms with Crippen LogP contribution in [0.25, 0.3) is 0 Å². The second-order valence-corrected chi connectivity index (χ2v) is 6.08. The number of carbonyl (C=O) groups excluding carboxylic acids is 3. The van der Waals surface area contributed by atoms with Crippen molar-refractivity contribution in [1.82, 2.24) is 15.5 Å². The van der Waals surface area contributed by atoms with Crippen LogP contribution in [0.15, 0.2) is 24.3 Å². The molecule has 0 saturated carbocycles. The zero-order chi connectivity index (χ0) is 18.2. The molecule has 3 N–H and O–H groups in total. The molecular formula is C18H26N4O3. The highest BCUT2D eigenvalue weighted by atomic mass is 16.2. The van der Waals surface area contributed by atoms with Gasteiger partial charge in [-0.3, -0.25) is 9.59 Å². The van der Waals surface area contributed by atoms with Gasteiger partial charge in [0.25, 0.3) is 5.91 Å². The molecule has 2 rings (SSSR count). The molecule has 1 aromatic carbocycles. The maximum atomic E-state index is 12.5. The van der Waals surface area contributed by atoms with Crippen LogP contribution in [0.1, 0.15) is 43.5 Å². The maximum Gasteiger partial charge on any atom is 0.321 e. The summed E-state index contributed by atoms with van der Waals surface area (Å²) in [6.45, 7) is 5.36. The Hall–Kier alpha value is -2.57. The lowest BCUT2D eigenvalue weighted by Crippen LogP contribution is -2.50. The first-order chi connectivity index (χ1) is 12.0. The minimum absolute atomic E-state index is 0.00176. The lowest BCUT2D eigenvalue weighted by molar-refractivity contribution is -0.121. The van der Waals surface area contributed by atoms with Crippen LogP contribution in [0.3, 0.4) is 0 Å². The number of amides is 4. The van der Waals surface area contributed by atoms with Crippen molar-refractivity contribution in [2.75, 3.05) is 25.0 Å². The van der Waals surface area contributed by atoms with Crippen LogP contribution in [-0.4, -0.2) is 48.4 Å². The zero-order valence-corrected chi connectivity index (χ0v) is 14.8. The third-order valence-corrected chi connectivity index (χ3v) is 4.11. The highest BCUT2D eigenvalue weighted by molar-refractivity contribution is 5.96. The van der Waals surface area contributed by atoms with Crippen molar-refractivity contribution in [2.24, 2.45) is 0 Å². The van der Waals surface area contributed by atoms with E-state index in [0.717, 1.165) is 12.8 Å². The fraction of sp³-hybridized carbons (Fsp3) is 0.500. The Morgan fingerprint density at radius 2 is 2.04 bits per heavy atom. The fourth-order valence-corrected chi connectivity index (χ4v) is 2.81. The third-order valence-electron chi connectivity index (χ3n) is 4.11. The first-order valence-corrected chi connectivity index (χ1v) is 8.77. The summed E-state index contributed by atoms with van der Waals surface area (Å²) in [5, 5.41) is 8.51. The molecule has 1 heterocycles. The maximum absolute atomic E-state index is 12.5. The summed E-state index contributed by atoms with van der Waals surface area (Å²) in [5.41, 5.74) is 1.08. The molecule has 7 nitrogen and oxygen atoms in total. The average Bonchev–Trinajstić information content (AvgIpc) is 2.62. The molecule has 0 aliphatic carbocycles. The number of urea groups is 1. The molecule has 4 amide bonds. The Balaban J connectivity index is 1.96. The minimum Gasteiger partial charge on any atom is -0.352 e. The Morgan fingerprint density at radius 1 is 1.24 bits per heavy atom. The number of hydrogen-bond donors (Lipinski definition) is 3. The van der Waals surface area contributed by atoms with E-state index in [1.807, 2.05) is 13.8 Å². The summed E-state index contributed by atoms with van der Waals surface area (Å²) in [4.78, 5) is 37.6. The standard InChI is InChI=1S/C18H26N4O3/c1-3-16(23)20-15-9-6-10-22(12-15)18(25)21-14-8-5-7-13(11-14)17(24)19-4-2/h5,7-8,11,15H,3-4,6,9-10,12H2,1-2H3,(H,19,24)(H,20,23)(H,21,25)/t15-/m0/s1. The smallest absolute Gasteiger partial charge is 0.321 e. The van der Waals surface area contributed by atoms with Crippen molar-refractivity contribution in [3.8, 4) is 0 Å². The Labute approximate surface area is 148 Å². The number of likely N-dealkylation sites (tertiary alicyclic amines) is 1. The number of rotatable bonds is 5. The topological polar surface area (TPSA) is 90.5 Å². The molecule has 136 valence electrons. The summed E-state index contributed by atoms with van der Waals surface area (Å²) >= 11 is 0. The molecule has 1 aromatic rings. The van der Waals surface area contributed by atoms with E-state index in [1.165, 1.54) is 0 Å². The average molecular weight is 346 g/mol. The Morgan fingerprint density at radius 3 is 2.76 bits per heavy atom. The van der Waals surface area contributed by atoms with E-state index >= 15 is 0 Å². The summed E-state index contributed by atoms with van der Waals surface area (Å²) in [5.74, 6) is -0.166. The number of piperidine rings is 1. The molecule has 1 fully saturated rings. The van der Waals surface area contributed by atoms with Gasteiger partial charge in [0.1, 0.15) is 0 Å². The van der Waals surface area contributed by atoms with Gasteiger partial charge in [0.15, 0.2) is 0 Å². The highest BCUT2D eigenvalue weighted by Gasteiger charge is 2.24. The molecule has 0 bridgehead atoms. The van der Waals surface area contributed by atoms with Gasteiger partial charge in [0.05, 0.1) is 0 Å². The Bertz CT molecular complexity index is 633. The van der Waals surface area contributed by atoms with Gasteiger partial charge in [-0.15, -0.1) is 0 Å². The number of carbonyl (C=O) groups is 3. The molecule has 0 unspecified atom stereocenters. The molecule has 25 heavy (non-hydrogen) atoms. The normalized spacial score (nSPS) is 16.9. The van der Waals surface area contributed by atoms with Crippen LogP contribution in [0, 0.1) is 0 Å². The second kappa shape index (κ2) is 9.05. The first kappa shape index (κ1) is 18.8. The van der Waals surface area contributed by atoms with E-state index in [-0.39, 0.29) is 23.9 Å². The second-order valence-electron chi connectivity index (χ2n) is 6.08. The van der Waals surface area contributed by atoms with E-state index < -0.39 is 0 Å². The lowest BCUT2D eigenvalue weighted by Gasteiger charge is -2.33. The number of nitrogens with zero attached hydrogens (tertiary/aromatic N) is 1. The van der Waals surface area contributed by atoms with Crippen LogP contribution in [0.4, 0.5) is 10.5 Å². The van der Waals surface area contributed by atoms with Gasteiger partial charge in [-0.05, 0) is 38.0 Å². The summed E-state index contributed by atoms with van der Waals surface area (Å²) in [6, 6.07) is 6.62. The number of nitrogens with one attached hydrogen (secondary N) is 3. The summed E-state index contributed by atoms with van der Waals surface area (Å²) in [7, 11) is 0. The van der Waals surface area contributed by atoms with Crippen LogP contribution in [-0.2, 0) is 4.79 Å². The first-order valence-electron chi connectivity index (χ1n) is 8.77. The van der Waals surface area contributed by atoms with Crippen molar-refractivity contribution >= 4 is 23.5 Å². The van der Waals surface area contributed by atoms with Gasteiger partial charge in [0, 0.05) is 43.3 Å². The van der Waals surface area contributed by atoms with E-state index in [9.17, 15) is 14.4 Å². The van der Waals surface area contributed by atoms with Crippen LogP contribution in [0.5, 0.6) is 0 Å². The molecule has 0 radical (unpaired) electrons. The van der Waals surface area contributed by atoms with Gasteiger partial charge >= 0.3 is 6.03 Å². The van der Waals surface area contributed by atoms with Crippen LogP contribution < -0.4 is 16.0 Å². The molecule has 0 spiro atoms. The van der Waals surface area contributed by atoms with Crippen molar-refractivity contribution < 1.29 is 14.4 Å². The predicted octanol–water partition coefficient (Wildman–Crippen LogP) is 1.96. The van der Waals surface area contributed by atoms with Crippen molar-refractivity contribution in [3.05, 3.63) is 29.8 Å². The minimum atomic E-state index is -0.219. The highest BCUT2D eigenvalue weighted by Crippen LogP contribution is 2.15. The lowest BCUT2D eigenvalue weighted by atomic mass is 10.1. The Kier molecular flexibility index (Phi) is 6.80. The van der Waals surface area contributed by atoms with Crippen LogP contribution >= 0.6 is 0 Å². The van der Waals surface area contributed by atoms with Gasteiger partial charge in [0.2, 0.25) is 5.91 Å². The van der Waals surface area contributed by atoms with Gasteiger partial charge in [-0.1, -0.05) is 13.0 Å². The number of benzene rings is 1. The van der Waals surface area contributed by atoms with Gasteiger partial charge in [-0.25, -0.2) is 4.79 Å². The quantitative estimate of drug-likeness (QED) is 0.761. The molecule has 1 aliphatic heterocycles. The monoisotopic (exact) mass is 346 g/mol. The summed E-state index contributed by atoms with van der Waals surface area (Å²) in [6.07, 6.45) is 2.17. The SMILES string of the molecule is CCNC(=O)c1cccc(NC(=O)N2CCC[C@H](NC(=O)CC)C2)c1. The van der Waals surface area contributed by atoms with Gasteiger partial charge in [-0.2, -0.15) is 0 Å². The van der Waals surface area contributed by atoms with Crippen molar-refractivity contribution in [2.45, 2.75) is 39.2 Å². The zero-order valence-electron chi connectivity index (χ0n) is 14.8. The largest absolute Gasteiger partial charge is 0.352 e. The number of anilines is 1. The van der Waals surface area contributed by atoms with E-state index in [0.29, 0.717) is 37.3 Å². The molecule has 1 saturated heterocycles. The predicted molar refractivity (Wildman–Crippen MR) is 96.5 cm³/mol. The fourth-order valence-electron chi connectivity index (χ4n) is 2.81. The molecule has 1 atom stereocenters. The molecule has 7 heteroatoms. The van der Waals surface area contributed by atoms with E-state index in [2.05, 4.69) is 16.0 Å². The van der Waals surface area contributed by atoms with E-state index in [1.54, 1.807) is 29.2 Å². The number of hydrogen-bond acceptors (Lipinski definition) is 3. The molecule has 0 aromatic heterocycles. The molecule has 1 aliphatic rings. The third kappa shape index (κ3) is 5.48. The molecular weight excluding hydrogens is 320 g/mol. The van der Waals surface area contributed by atoms with Crippen molar-refractivity contribution in [3.63, 3.8) is 0 Å². The summed E-state index contributed by atoms with van der Waals surface area (Å²) < 4.78 is 0. The van der Waals surface area contributed by atoms with Crippen LogP contribution in [0.2, 0.25) is 0 Å². The van der Waals surface area contributed by atoms with E-state index in [4.69, 9.17) is 0 Å². The van der Waals surface area contributed by atoms with Crippen molar-refractivity contribution in [1.29, 1.82) is 0 Å². The van der Waals surface area contributed by atoms with Gasteiger partial charge < -0.3 is 20.9 Å².